The Balaban J connectivity index is 1.29. The molecule has 1 aliphatic carbocycles. The Labute approximate surface area is 191 Å². The van der Waals surface area contributed by atoms with Crippen molar-refractivity contribution in [2.24, 2.45) is 0 Å². The van der Waals surface area contributed by atoms with E-state index in [2.05, 4.69) is 21.2 Å². The molecule has 1 amide bonds. The van der Waals surface area contributed by atoms with Crippen LogP contribution in [0.3, 0.4) is 0 Å². The van der Waals surface area contributed by atoms with Crippen molar-refractivity contribution in [3.05, 3.63) is 35.1 Å². The van der Waals surface area contributed by atoms with Gasteiger partial charge in [0, 0.05) is 56.6 Å². The minimum atomic E-state index is -0.134. The summed E-state index contributed by atoms with van der Waals surface area (Å²) in [7, 11) is 0. The molecule has 1 saturated heterocycles. The number of carbonyl (C=O) groups is 1. The van der Waals surface area contributed by atoms with E-state index in [4.69, 9.17) is 27.9 Å². The van der Waals surface area contributed by atoms with Crippen molar-refractivity contribution < 1.29 is 9.53 Å². The van der Waals surface area contributed by atoms with Crippen LogP contribution in [0, 0.1) is 0 Å². The summed E-state index contributed by atoms with van der Waals surface area (Å²) in [5, 5.41) is 3.53. The van der Waals surface area contributed by atoms with E-state index < -0.39 is 0 Å². The summed E-state index contributed by atoms with van der Waals surface area (Å²) in [6, 6.07) is 0.204. The van der Waals surface area contributed by atoms with Crippen molar-refractivity contribution in [2.45, 2.75) is 56.4 Å². The Kier molecular flexibility index (Phi) is 10.1. The zero-order valence-electron chi connectivity index (χ0n) is 17.8. The van der Waals surface area contributed by atoms with Crippen LogP contribution >= 0.6 is 23.2 Å². The first-order chi connectivity index (χ1) is 14.6. The molecule has 2 aliphatic heterocycles. The molecule has 0 aromatic carbocycles. The molecule has 0 aromatic rings. The average molecular weight is 456 g/mol. The molecule has 0 aromatic heterocycles. The van der Waals surface area contributed by atoms with Crippen LogP contribution in [0.1, 0.15) is 44.9 Å². The van der Waals surface area contributed by atoms with Gasteiger partial charge in [-0.05, 0) is 44.4 Å². The molecule has 1 N–H and O–H groups in total. The highest BCUT2D eigenvalue weighted by Crippen LogP contribution is 2.27. The van der Waals surface area contributed by atoms with Gasteiger partial charge in [-0.1, -0.05) is 30.2 Å². The third-order valence-corrected chi connectivity index (χ3v) is 7.03. The van der Waals surface area contributed by atoms with Crippen LogP contribution in [-0.2, 0) is 9.53 Å². The minimum Gasteiger partial charge on any atom is -0.498 e. The van der Waals surface area contributed by atoms with E-state index in [-0.39, 0.29) is 17.3 Å². The second kappa shape index (κ2) is 12.7. The molecule has 30 heavy (non-hydrogen) atoms. The second-order valence-electron chi connectivity index (χ2n) is 8.30. The average Bonchev–Trinajstić information content (AvgIpc) is 2.75. The largest absolute Gasteiger partial charge is 0.498 e. The number of allylic oxidation sites excluding steroid dienone is 3. The number of alkyl halides is 1. The van der Waals surface area contributed by atoms with Gasteiger partial charge >= 0.3 is 0 Å². The Morgan fingerprint density at radius 1 is 1.10 bits per heavy atom. The van der Waals surface area contributed by atoms with Gasteiger partial charge in [-0.2, -0.15) is 0 Å². The number of ether oxygens (including phenoxy) is 1. The van der Waals surface area contributed by atoms with Gasteiger partial charge in [0.05, 0.1) is 17.7 Å². The smallest absolute Gasteiger partial charge is 0.220 e. The van der Waals surface area contributed by atoms with E-state index in [1.807, 2.05) is 18.2 Å². The van der Waals surface area contributed by atoms with Gasteiger partial charge in [0.1, 0.15) is 0 Å². The molecule has 2 unspecified atom stereocenters. The highest BCUT2D eigenvalue weighted by molar-refractivity contribution is 6.38. The van der Waals surface area contributed by atoms with Crippen LogP contribution in [0.5, 0.6) is 0 Å². The summed E-state index contributed by atoms with van der Waals surface area (Å²) in [5.74, 6) is 1.18. The van der Waals surface area contributed by atoms with Crippen molar-refractivity contribution in [2.75, 3.05) is 45.9 Å². The number of nitrogens with zero attached hydrogens (tertiary/aromatic N) is 2. The van der Waals surface area contributed by atoms with Crippen LogP contribution < -0.4 is 5.32 Å². The summed E-state index contributed by atoms with van der Waals surface area (Å²) >= 11 is 12.7. The number of nitrogens with one attached hydrogen (secondary N) is 1. The maximum atomic E-state index is 11.6. The van der Waals surface area contributed by atoms with Gasteiger partial charge in [0.25, 0.3) is 0 Å². The predicted octanol–water partition coefficient (Wildman–Crippen LogP) is 4.03. The molecule has 1 fully saturated rings. The van der Waals surface area contributed by atoms with Crippen molar-refractivity contribution in [1.29, 1.82) is 0 Å². The lowest BCUT2D eigenvalue weighted by Gasteiger charge is -2.40. The highest BCUT2D eigenvalue weighted by Gasteiger charge is 2.30. The standard InChI is InChI=1S/C23H35Cl2N3O2/c24-20-8-6-9-21(23(20)25)28-16-14-27(15-17-28)13-4-5-18-30-19-7-2-1-3-10-22(29)26-12-11-19/h6,8-9,11,21,23H,1-5,7,10,12-18H2,(H,26,29)/b19-11+. The van der Waals surface area contributed by atoms with Gasteiger partial charge in [0.2, 0.25) is 5.91 Å². The summed E-state index contributed by atoms with van der Waals surface area (Å²) in [6.07, 6.45) is 15.1. The fourth-order valence-corrected chi connectivity index (χ4v) is 4.73. The maximum Gasteiger partial charge on any atom is 0.220 e. The van der Waals surface area contributed by atoms with Crippen LogP contribution in [0.25, 0.3) is 0 Å². The van der Waals surface area contributed by atoms with Crippen LogP contribution in [0.4, 0.5) is 0 Å². The summed E-state index contributed by atoms with van der Waals surface area (Å²) in [6.45, 7) is 6.64. The lowest BCUT2D eigenvalue weighted by molar-refractivity contribution is -0.121. The van der Waals surface area contributed by atoms with E-state index in [1.165, 1.54) is 0 Å². The van der Waals surface area contributed by atoms with Gasteiger partial charge in [0.15, 0.2) is 0 Å². The van der Waals surface area contributed by atoms with Gasteiger partial charge in [-0.25, -0.2) is 0 Å². The molecule has 168 valence electrons. The van der Waals surface area contributed by atoms with Crippen molar-refractivity contribution in [3.8, 4) is 0 Å². The molecule has 0 bridgehead atoms. The molecular weight excluding hydrogens is 421 g/mol. The molecule has 5 nitrogen and oxygen atoms in total. The van der Waals surface area contributed by atoms with Gasteiger partial charge < -0.3 is 15.0 Å². The van der Waals surface area contributed by atoms with Gasteiger partial charge in [-0.3, -0.25) is 9.69 Å². The Morgan fingerprint density at radius 2 is 1.90 bits per heavy atom. The molecule has 2 atom stereocenters. The molecular formula is C23H35Cl2N3O2. The number of carbonyl (C=O) groups excluding carboxylic acids is 1. The zero-order chi connectivity index (χ0) is 21.2. The zero-order valence-corrected chi connectivity index (χ0v) is 19.3. The molecule has 2 heterocycles. The van der Waals surface area contributed by atoms with E-state index >= 15 is 0 Å². The number of hydrogen-bond donors (Lipinski definition) is 1. The first-order valence-electron chi connectivity index (χ1n) is 11.4. The summed E-state index contributed by atoms with van der Waals surface area (Å²) in [4.78, 5) is 16.6. The minimum absolute atomic E-state index is 0.134. The maximum absolute atomic E-state index is 11.6. The highest BCUT2D eigenvalue weighted by atomic mass is 35.5. The van der Waals surface area contributed by atoms with Crippen molar-refractivity contribution >= 4 is 29.1 Å². The molecule has 0 spiro atoms. The van der Waals surface area contributed by atoms with Crippen molar-refractivity contribution in [3.63, 3.8) is 0 Å². The fourth-order valence-electron chi connectivity index (χ4n) is 4.21. The number of unbranched alkanes of at least 4 members (excludes halogenated alkanes) is 1. The van der Waals surface area contributed by atoms with Crippen LogP contribution in [0.15, 0.2) is 35.1 Å². The van der Waals surface area contributed by atoms with Crippen LogP contribution in [0.2, 0.25) is 0 Å². The molecule has 7 heteroatoms. The van der Waals surface area contributed by atoms with Gasteiger partial charge in [-0.15, -0.1) is 11.6 Å². The van der Waals surface area contributed by atoms with E-state index in [0.29, 0.717) is 13.0 Å². The lowest BCUT2D eigenvalue weighted by Crippen LogP contribution is -2.52. The second-order valence-corrected chi connectivity index (χ2v) is 9.20. The number of hydrogen-bond acceptors (Lipinski definition) is 4. The molecule has 3 rings (SSSR count). The molecule has 0 saturated carbocycles. The third-order valence-electron chi connectivity index (χ3n) is 6.07. The monoisotopic (exact) mass is 455 g/mol. The molecule has 3 aliphatic rings. The SMILES string of the molecule is O=C1CCCCC/C(OCCCCN2CCN(C3C=CC=C(Cl)C3Cl)CC2)=C\CN1. The number of rotatable bonds is 7. The lowest BCUT2D eigenvalue weighted by atomic mass is 10.1. The van der Waals surface area contributed by atoms with Crippen molar-refractivity contribution in [1.82, 2.24) is 15.1 Å². The number of piperazine rings is 1. The Hall–Kier alpha value is -1.01. The first-order valence-corrected chi connectivity index (χ1v) is 12.2. The third kappa shape index (κ3) is 7.60. The Bertz CT molecular complexity index is 642. The normalized spacial score (nSPS) is 28.9. The topological polar surface area (TPSA) is 44.8 Å². The van der Waals surface area contributed by atoms with Crippen LogP contribution in [-0.4, -0.2) is 73.0 Å². The van der Waals surface area contributed by atoms with E-state index in [1.54, 1.807) is 0 Å². The summed E-state index contributed by atoms with van der Waals surface area (Å²) < 4.78 is 6.00. The quantitative estimate of drug-likeness (QED) is 0.464. The molecule has 0 radical (unpaired) electrons. The predicted molar refractivity (Wildman–Crippen MR) is 124 cm³/mol. The Morgan fingerprint density at radius 3 is 2.73 bits per heavy atom. The van der Waals surface area contributed by atoms with E-state index in [0.717, 1.165) is 88.6 Å². The first kappa shape index (κ1) is 23.6. The summed E-state index contributed by atoms with van der Waals surface area (Å²) in [5.41, 5.74) is 0. The number of halogens is 2. The number of amides is 1. The van der Waals surface area contributed by atoms with E-state index in [9.17, 15) is 4.79 Å². The fraction of sp³-hybridized carbons (Fsp3) is 0.696.